The van der Waals surface area contributed by atoms with Crippen molar-refractivity contribution < 1.29 is 4.74 Å². The first-order chi connectivity index (χ1) is 10.3. The van der Waals surface area contributed by atoms with Crippen LogP contribution in [0, 0.1) is 0 Å². The van der Waals surface area contributed by atoms with Crippen LogP contribution in [0.3, 0.4) is 0 Å². The normalized spacial score (nSPS) is 23.3. The molecular weight excluding hydrogens is 266 g/mol. The fourth-order valence-electron chi connectivity index (χ4n) is 3.47. The monoisotopic (exact) mass is 291 g/mol. The lowest BCUT2D eigenvalue weighted by atomic mass is 10.1. The number of nitrogens with one attached hydrogen (secondary N) is 1. The zero-order valence-electron chi connectivity index (χ0n) is 13.0. The Bertz CT molecular complexity index is 475. The SMILES string of the molecule is CNc1ncnc(N2CCC(N3CCCCC3)C2)c1OC. The van der Waals surface area contributed by atoms with Crippen LogP contribution >= 0.6 is 0 Å². The summed E-state index contributed by atoms with van der Waals surface area (Å²) >= 11 is 0. The van der Waals surface area contributed by atoms with Gasteiger partial charge in [0.25, 0.3) is 0 Å². The molecule has 1 unspecified atom stereocenters. The molecule has 0 aliphatic carbocycles. The molecule has 2 saturated heterocycles. The number of methoxy groups -OCH3 is 1. The maximum Gasteiger partial charge on any atom is 0.204 e. The molecule has 2 aliphatic rings. The molecule has 1 atom stereocenters. The number of anilines is 2. The summed E-state index contributed by atoms with van der Waals surface area (Å²) in [5, 5.41) is 3.07. The lowest BCUT2D eigenvalue weighted by molar-refractivity contribution is 0.174. The lowest BCUT2D eigenvalue weighted by Crippen LogP contribution is -2.41. The second-order valence-corrected chi connectivity index (χ2v) is 5.81. The predicted octanol–water partition coefficient (Wildman–Crippen LogP) is 1.59. The molecule has 0 spiro atoms. The van der Waals surface area contributed by atoms with Gasteiger partial charge in [-0.05, 0) is 32.4 Å². The Morgan fingerprint density at radius 1 is 1.19 bits per heavy atom. The minimum atomic E-state index is 0.656. The van der Waals surface area contributed by atoms with E-state index in [0.717, 1.165) is 30.5 Å². The zero-order valence-corrected chi connectivity index (χ0v) is 13.0. The van der Waals surface area contributed by atoms with Gasteiger partial charge in [0.1, 0.15) is 6.33 Å². The molecule has 2 aliphatic heterocycles. The summed E-state index contributed by atoms with van der Waals surface area (Å²) in [6.07, 6.45) is 6.90. The molecule has 6 nitrogen and oxygen atoms in total. The quantitative estimate of drug-likeness (QED) is 0.909. The smallest absolute Gasteiger partial charge is 0.204 e. The highest BCUT2D eigenvalue weighted by atomic mass is 16.5. The van der Waals surface area contributed by atoms with Crippen molar-refractivity contribution in [1.29, 1.82) is 0 Å². The second-order valence-electron chi connectivity index (χ2n) is 5.81. The van der Waals surface area contributed by atoms with Gasteiger partial charge in [-0.2, -0.15) is 0 Å². The van der Waals surface area contributed by atoms with Gasteiger partial charge in [-0.25, -0.2) is 9.97 Å². The largest absolute Gasteiger partial charge is 0.490 e. The molecule has 0 radical (unpaired) electrons. The molecule has 21 heavy (non-hydrogen) atoms. The van der Waals surface area contributed by atoms with E-state index >= 15 is 0 Å². The molecule has 1 N–H and O–H groups in total. The van der Waals surface area contributed by atoms with E-state index in [1.54, 1.807) is 13.4 Å². The number of piperidine rings is 1. The van der Waals surface area contributed by atoms with Crippen LogP contribution in [0.25, 0.3) is 0 Å². The summed E-state index contributed by atoms with van der Waals surface area (Å²) in [6, 6.07) is 0.656. The summed E-state index contributed by atoms with van der Waals surface area (Å²) in [5.41, 5.74) is 0. The summed E-state index contributed by atoms with van der Waals surface area (Å²) in [7, 11) is 3.54. The molecule has 0 aromatic carbocycles. The van der Waals surface area contributed by atoms with Gasteiger partial charge in [-0.1, -0.05) is 6.42 Å². The molecular formula is C15H25N5O. The minimum absolute atomic E-state index is 0.656. The first-order valence-corrected chi connectivity index (χ1v) is 7.89. The third kappa shape index (κ3) is 2.90. The predicted molar refractivity (Wildman–Crippen MR) is 84.2 cm³/mol. The van der Waals surface area contributed by atoms with Crippen molar-refractivity contribution in [2.75, 3.05) is 50.6 Å². The molecule has 6 heteroatoms. The highest BCUT2D eigenvalue weighted by molar-refractivity contribution is 5.64. The molecule has 1 aromatic rings. The van der Waals surface area contributed by atoms with E-state index in [4.69, 9.17) is 4.74 Å². The van der Waals surface area contributed by atoms with E-state index < -0.39 is 0 Å². The highest BCUT2D eigenvalue weighted by Crippen LogP contribution is 2.34. The number of hydrogen-bond donors (Lipinski definition) is 1. The Morgan fingerprint density at radius 3 is 2.71 bits per heavy atom. The Kier molecular flexibility index (Phi) is 4.43. The van der Waals surface area contributed by atoms with Crippen molar-refractivity contribution in [3.05, 3.63) is 6.33 Å². The van der Waals surface area contributed by atoms with E-state index in [1.165, 1.54) is 38.8 Å². The molecule has 0 saturated carbocycles. The maximum atomic E-state index is 5.52. The van der Waals surface area contributed by atoms with Crippen LogP contribution in [0.2, 0.25) is 0 Å². The number of hydrogen-bond acceptors (Lipinski definition) is 6. The van der Waals surface area contributed by atoms with Crippen LogP contribution in [0.4, 0.5) is 11.6 Å². The Morgan fingerprint density at radius 2 is 2.00 bits per heavy atom. The minimum Gasteiger partial charge on any atom is -0.490 e. The van der Waals surface area contributed by atoms with Gasteiger partial charge >= 0.3 is 0 Å². The summed E-state index contributed by atoms with van der Waals surface area (Å²) in [4.78, 5) is 13.7. The van der Waals surface area contributed by atoms with Gasteiger partial charge < -0.3 is 15.0 Å². The number of ether oxygens (including phenoxy) is 1. The van der Waals surface area contributed by atoms with Gasteiger partial charge in [0.15, 0.2) is 11.6 Å². The van der Waals surface area contributed by atoms with Gasteiger partial charge in [0, 0.05) is 26.2 Å². The third-order valence-corrected chi connectivity index (χ3v) is 4.60. The molecule has 3 heterocycles. The van der Waals surface area contributed by atoms with Gasteiger partial charge in [0.2, 0.25) is 5.75 Å². The van der Waals surface area contributed by atoms with Crippen molar-refractivity contribution in [2.45, 2.75) is 31.7 Å². The van der Waals surface area contributed by atoms with Crippen LogP contribution in [0.15, 0.2) is 6.33 Å². The zero-order chi connectivity index (χ0) is 14.7. The maximum absolute atomic E-state index is 5.52. The molecule has 1 aromatic heterocycles. The van der Waals surface area contributed by atoms with Crippen molar-refractivity contribution >= 4 is 11.6 Å². The van der Waals surface area contributed by atoms with E-state index in [2.05, 4.69) is 25.1 Å². The highest BCUT2D eigenvalue weighted by Gasteiger charge is 2.31. The number of aromatic nitrogens is 2. The van der Waals surface area contributed by atoms with Crippen molar-refractivity contribution in [2.24, 2.45) is 0 Å². The van der Waals surface area contributed by atoms with Gasteiger partial charge in [0.05, 0.1) is 7.11 Å². The molecule has 0 amide bonds. The van der Waals surface area contributed by atoms with E-state index in [9.17, 15) is 0 Å². The average Bonchev–Trinajstić information content (AvgIpc) is 3.04. The number of nitrogens with zero attached hydrogens (tertiary/aromatic N) is 4. The van der Waals surface area contributed by atoms with E-state index in [-0.39, 0.29) is 0 Å². The average molecular weight is 291 g/mol. The molecule has 0 bridgehead atoms. The van der Waals surface area contributed by atoms with E-state index in [1.807, 2.05) is 7.05 Å². The standard InChI is InChI=1S/C15H25N5O/c1-16-14-13(21-2)15(18-11-17-14)20-9-6-12(10-20)19-7-4-3-5-8-19/h11-12H,3-10H2,1-2H3,(H,16,17,18). The summed E-state index contributed by atoms with van der Waals surface area (Å²) in [6.45, 7) is 4.58. The summed E-state index contributed by atoms with van der Waals surface area (Å²) < 4.78 is 5.52. The fourth-order valence-corrected chi connectivity index (χ4v) is 3.47. The van der Waals surface area contributed by atoms with Crippen molar-refractivity contribution in [3.63, 3.8) is 0 Å². The Hall–Kier alpha value is -1.56. The number of likely N-dealkylation sites (tertiary alicyclic amines) is 1. The van der Waals surface area contributed by atoms with Crippen LogP contribution in [0.1, 0.15) is 25.7 Å². The third-order valence-electron chi connectivity index (χ3n) is 4.60. The Balaban J connectivity index is 1.73. The van der Waals surface area contributed by atoms with E-state index in [0.29, 0.717) is 6.04 Å². The number of rotatable bonds is 4. The molecule has 3 rings (SSSR count). The lowest BCUT2D eigenvalue weighted by Gasteiger charge is -2.32. The van der Waals surface area contributed by atoms with Crippen LogP contribution < -0.4 is 15.0 Å². The van der Waals surface area contributed by atoms with Gasteiger partial charge in [-0.15, -0.1) is 0 Å². The first kappa shape index (κ1) is 14.4. The molecule has 2 fully saturated rings. The van der Waals surface area contributed by atoms with Crippen LogP contribution in [-0.4, -0.2) is 61.2 Å². The Labute approximate surface area is 126 Å². The van der Waals surface area contributed by atoms with Gasteiger partial charge in [-0.3, -0.25) is 4.90 Å². The summed E-state index contributed by atoms with van der Waals surface area (Å²) in [5.74, 6) is 2.42. The fraction of sp³-hybridized carbons (Fsp3) is 0.733. The first-order valence-electron chi connectivity index (χ1n) is 7.89. The second kappa shape index (κ2) is 6.47. The van der Waals surface area contributed by atoms with Crippen molar-refractivity contribution in [3.8, 4) is 5.75 Å². The molecule has 116 valence electrons. The van der Waals surface area contributed by atoms with Crippen LogP contribution in [-0.2, 0) is 0 Å². The topological polar surface area (TPSA) is 53.5 Å². The van der Waals surface area contributed by atoms with Crippen LogP contribution in [0.5, 0.6) is 5.75 Å². The van der Waals surface area contributed by atoms with Crippen molar-refractivity contribution in [1.82, 2.24) is 14.9 Å².